The molecule has 0 aromatic heterocycles. The van der Waals surface area contributed by atoms with Gasteiger partial charge in [0.25, 0.3) is 0 Å². The van der Waals surface area contributed by atoms with E-state index in [0.29, 0.717) is 5.92 Å². The predicted molar refractivity (Wildman–Crippen MR) is 64.8 cm³/mol. The van der Waals surface area contributed by atoms with Gasteiger partial charge in [-0.15, -0.1) is 0 Å². The molecule has 1 aliphatic heterocycles. The van der Waals surface area contributed by atoms with Crippen molar-refractivity contribution in [2.24, 2.45) is 11.3 Å². The van der Waals surface area contributed by atoms with Gasteiger partial charge in [-0.25, -0.2) is 8.78 Å². The predicted octanol–water partition coefficient (Wildman–Crippen LogP) is 3.14. The average molecular weight is 239 g/mol. The zero-order valence-electron chi connectivity index (χ0n) is 10.4. The third-order valence-corrected chi connectivity index (χ3v) is 3.40. The Kier molecular flexibility index (Phi) is 3.48. The van der Waals surface area contributed by atoms with Gasteiger partial charge in [-0.3, -0.25) is 0 Å². The van der Waals surface area contributed by atoms with E-state index in [0.717, 1.165) is 31.5 Å². The third kappa shape index (κ3) is 2.83. The minimum Gasteiger partial charge on any atom is -0.316 e. The summed E-state index contributed by atoms with van der Waals surface area (Å²) in [4.78, 5) is 0. The maximum atomic E-state index is 13.1. The molecule has 0 unspecified atom stereocenters. The minimum atomic E-state index is -0.765. The SMILES string of the molecule is CC(C)CC1(Cc2ccc(F)c(F)c2)CNC1. The van der Waals surface area contributed by atoms with Crippen molar-refractivity contribution in [1.82, 2.24) is 5.32 Å². The van der Waals surface area contributed by atoms with Crippen LogP contribution < -0.4 is 5.32 Å². The van der Waals surface area contributed by atoms with Gasteiger partial charge in [0.15, 0.2) is 11.6 Å². The van der Waals surface area contributed by atoms with Crippen LogP contribution in [0.5, 0.6) is 0 Å². The fourth-order valence-corrected chi connectivity index (χ4v) is 2.77. The lowest BCUT2D eigenvalue weighted by Gasteiger charge is -2.44. The van der Waals surface area contributed by atoms with Gasteiger partial charge < -0.3 is 5.32 Å². The van der Waals surface area contributed by atoms with E-state index in [9.17, 15) is 8.78 Å². The molecule has 17 heavy (non-hydrogen) atoms. The normalized spacial score (nSPS) is 18.2. The van der Waals surface area contributed by atoms with E-state index in [-0.39, 0.29) is 5.41 Å². The number of hydrogen-bond acceptors (Lipinski definition) is 1. The van der Waals surface area contributed by atoms with Crippen LogP contribution in [0.1, 0.15) is 25.8 Å². The van der Waals surface area contributed by atoms with Crippen LogP contribution in [-0.4, -0.2) is 13.1 Å². The lowest BCUT2D eigenvalue weighted by molar-refractivity contribution is 0.131. The molecule has 1 aromatic carbocycles. The van der Waals surface area contributed by atoms with Crippen LogP contribution in [0.15, 0.2) is 18.2 Å². The Bertz CT molecular complexity index is 397. The van der Waals surface area contributed by atoms with Gasteiger partial charge in [-0.2, -0.15) is 0 Å². The fraction of sp³-hybridized carbons (Fsp3) is 0.571. The largest absolute Gasteiger partial charge is 0.316 e. The highest BCUT2D eigenvalue weighted by molar-refractivity contribution is 5.20. The first-order valence-electron chi connectivity index (χ1n) is 6.15. The molecule has 1 nitrogen and oxygen atoms in total. The maximum absolute atomic E-state index is 13.1. The van der Waals surface area contributed by atoms with Crippen molar-refractivity contribution in [3.05, 3.63) is 35.4 Å². The van der Waals surface area contributed by atoms with E-state index in [2.05, 4.69) is 19.2 Å². The van der Waals surface area contributed by atoms with E-state index in [1.165, 1.54) is 12.1 Å². The zero-order valence-corrected chi connectivity index (χ0v) is 10.4. The molecular formula is C14H19F2N. The second-order valence-electron chi connectivity index (χ2n) is 5.63. The highest BCUT2D eigenvalue weighted by Crippen LogP contribution is 2.34. The lowest BCUT2D eigenvalue weighted by Crippen LogP contribution is -2.55. The van der Waals surface area contributed by atoms with Gasteiger partial charge >= 0.3 is 0 Å². The molecule has 1 aromatic rings. The standard InChI is InChI=1S/C14H19F2N/c1-10(2)6-14(8-17-9-14)7-11-3-4-12(15)13(16)5-11/h3-5,10,17H,6-9H2,1-2H3. The Morgan fingerprint density at radius 2 is 1.94 bits per heavy atom. The highest BCUT2D eigenvalue weighted by atomic mass is 19.2. The monoisotopic (exact) mass is 239 g/mol. The second-order valence-corrected chi connectivity index (χ2v) is 5.63. The summed E-state index contributed by atoms with van der Waals surface area (Å²) >= 11 is 0. The van der Waals surface area contributed by atoms with Crippen molar-refractivity contribution in [3.63, 3.8) is 0 Å². The molecule has 0 spiro atoms. The molecule has 0 atom stereocenters. The number of rotatable bonds is 4. The van der Waals surface area contributed by atoms with Crippen molar-refractivity contribution < 1.29 is 8.78 Å². The van der Waals surface area contributed by atoms with E-state index in [1.54, 1.807) is 6.07 Å². The highest BCUT2D eigenvalue weighted by Gasteiger charge is 2.37. The van der Waals surface area contributed by atoms with Gasteiger partial charge in [0.1, 0.15) is 0 Å². The summed E-state index contributed by atoms with van der Waals surface area (Å²) in [7, 11) is 0. The summed E-state index contributed by atoms with van der Waals surface area (Å²) < 4.78 is 26.0. The first kappa shape index (κ1) is 12.5. The summed E-state index contributed by atoms with van der Waals surface area (Å²) in [5.41, 5.74) is 1.13. The molecular weight excluding hydrogens is 220 g/mol. The van der Waals surface area contributed by atoms with Crippen LogP contribution in [0.25, 0.3) is 0 Å². The molecule has 1 aliphatic rings. The molecule has 0 amide bonds. The van der Waals surface area contributed by atoms with E-state index in [1.807, 2.05) is 0 Å². The van der Waals surface area contributed by atoms with Gasteiger partial charge in [0.2, 0.25) is 0 Å². The molecule has 1 heterocycles. The van der Waals surface area contributed by atoms with Crippen molar-refractivity contribution in [2.45, 2.75) is 26.7 Å². The zero-order chi connectivity index (χ0) is 12.5. The Labute approximate surface area is 101 Å². The first-order valence-corrected chi connectivity index (χ1v) is 6.15. The maximum Gasteiger partial charge on any atom is 0.159 e. The summed E-state index contributed by atoms with van der Waals surface area (Å²) in [6, 6.07) is 4.24. The molecule has 1 saturated heterocycles. The lowest BCUT2D eigenvalue weighted by atomic mass is 9.71. The molecule has 0 radical (unpaired) electrons. The molecule has 94 valence electrons. The molecule has 3 heteroatoms. The average Bonchev–Trinajstić information content (AvgIpc) is 2.19. The molecule has 1 fully saturated rings. The first-order chi connectivity index (χ1) is 8.01. The summed E-state index contributed by atoms with van der Waals surface area (Å²) in [5, 5.41) is 3.29. The number of benzene rings is 1. The Morgan fingerprint density at radius 3 is 2.41 bits per heavy atom. The van der Waals surface area contributed by atoms with Crippen LogP contribution in [0.3, 0.4) is 0 Å². The second kappa shape index (κ2) is 4.73. The number of nitrogens with one attached hydrogen (secondary N) is 1. The van der Waals surface area contributed by atoms with Crippen LogP contribution in [0.4, 0.5) is 8.78 Å². The molecule has 0 aliphatic carbocycles. The quantitative estimate of drug-likeness (QED) is 0.851. The van der Waals surface area contributed by atoms with Crippen molar-refractivity contribution in [1.29, 1.82) is 0 Å². The van der Waals surface area contributed by atoms with Crippen molar-refractivity contribution >= 4 is 0 Å². The van der Waals surface area contributed by atoms with E-state index in [4.69, 9.17) is 0 Å². The topological polar surface area (TPSA) is 12.0 Å². The number of halogens is 2. The van der Waals surface area contributed by atoms with Crippen LogP contribution >= 0.6 is 0 Å². The fourth-order valence-electron chi connectivity index (χ4n) is 2.77. The van der Waals surface area contributed by atoms with Gasteiger partial charge in [0.05, 0.1) is 0 Å². The Morgan fingerprint density at radius 1 is 1.24 bits per heavy atom. The molecule has 0 saturated carbocycles. The van der Waals surface area contributed by atoms with Crippen LogP contribution in [-0.2, 0) is 6.42 Å². The summed E-state index contributed by atoms with van der Waals surface area (Å²) in [6.07, 6.45) is 1.95. The van der Waals surface area contributed by atoms with Crippen molar-refractivity contribution in [2.75, 3.05) is 13.1 Å². The van der Waals surface area contributed by atoms with E-state index >= 15 is 0 Å². The minimum absolute atomic E-state index is 0.235. The van der Waals surface area contributed by atoms with Gasteiger partial charge in [-0.1, -0.05) is 19.9 Å². The molecule has 0 bridgehead atoms. The number of hydrogen-bond donors (Lipinski definition) is 1. The van der Waals surface area contributed by atoms with Gasteiger partial charge in [-0.05, 0) is 41.9 Å². The Hall–Kier alpha value is -0.960. The van der Waals surface area contributed by atoms with E-state index < -0.39 is 11.6 Å². The summed E-state index contributed by atoms with van der Waals surface area (Å²) in [6.45, 7) is 6.35. The van der Waals surface area contributed by atoms with Gasteiger partial charge in [0, 0.05) is 13.1 Å². The molecule has 2 rings (SSSR count). The van der Waals surface area contributed by atoms with Crippen molar-refractivity contribution in [3.8, 4) is 0 Å². The van der Waals surface area contributed by atoms with Crippen LogP contribution in [0.2, 0.25) is 0 Å². The smallest absolute Gasteiger partial charge is 0.159 e. The molecule has 1 N–H and O–H groups in total. The Balaban J connectivity index is 2.10. The summed E-state index contributed by atoms with van der Waals surface area (Å²) in [5.74, 6) is -0.879. The third-order valence-electron chi connectivity index (χ3n) is 3.40. The van der Waals surface area contributed by atoms with Crippen LogP contribution in [0, 0.1) is 23.0 Å².